The molecule has 0 spiro atoms. The summed E-state index contributed by atoms with van der Waals surface area (Å²) in [6.07, 6.45) is 0.418. The zero-order valence-corrected chi connectivity index (χ0v) is 15.6. The highest BCUT2D eigenvalue weighted by atomic mass is 19.1. The summed E-state index contributed by atoms with van der Waals surface area (Å²) in [4.78, 5) is 18.2. The van der Waals surface area contributed by atoms with Crippen LogP contribution in [0.1, 0.15) is 22.1 Å². The Balaban J connectivity index is 1.50. The smallest absolute Gasteiger partial charge is 0.264 e. The first-order chi connectivity index (χ1) is 13.6. The summed E-state index contributed by atoms with van der Waals surface area (Å²) in [5.41, 5.74) is 0.565. The number of carbonyl (C=O) groups is 1. The number of hydrogen-bond acceptors (Lipinski definition) is 6. The molecular formula is C20H20FN3O4. The molecule has 7 nitrogen and oxygen atoms in total. The number of aromatic nitrogens is 2. The van der Waals surface area contributed by atoms with Crippen LogP contribution in [0.4, 0.5) is 4.39 Å². The number of methoxy groups -OCH3 is 1. The van der Waals surface area contributed by atoms with E-state index in [4.69, 9.17) is 14.0 Å². The van der Waals surface area contributed by atoms with Crippen LogP contribution >= 0.6 is 0 Å². The van der Waals surface area contributed by atoms with Crippen LogP contribution in [0, 0.1) is 5.82 Å². The van der Waals surface area contributed by atoms with E-state index in [0.29, 0.717) is 30.1 Å². The Morgan fingerprint density at radius 3 is 2.64 bits per heavy atom. The molecule has 146 valence electrons. The fourth-order valence-corrected chi connectivity index (χ4v) is 2.47. The lowest BCUT2D eigenvalue weighted by Crippen LogP contribution is -2.29. The van der Waals surface area contributed by atoms with Crippen molar-refractivity contribution in [3.8, 4) is 11.5 Å². The summed E-state index contributed by atoms with van der Waals surface area (Å²) in [5, 5.41) is 3.86. The van der Waals surface area contributed by atoms with Gasteiger partial charge in [0.25, 0.3) is 11.8 Å². The molecule has 0 bridgehead atoms. The second-order valence-electron chi connectivity index (χ2n) is 6.03. The summed E-state index contributed by atoms with van der Waals surface area (Å²) < 4.78 is 29.1. The van der Waals surface area contributed by atoms with Crippen LogP contribution in [0.3, 0.4) is 0 Å². The lowest BCUT2D eigenvalue weighted by molar-refractivity contribution is 0.0795. The third-order valence-corrected chi connectivity index (χ3v) is 4.05. The van der Waals surface area contributed by atoms with Crippen molar-refractivity contribution in [3.05, 3.63) is 71.6 Å². The Labute approximate surface area is 161 Å². The van der Waals surface area contributed by atoms with Crippen molar-refractivity contribution < 1.29 is 23.2 Å². The van der Waals surface area contributed by atoms with E-state index in [2.05, 4.69) is 10.1 Å². The normalized spacial score (nSPS) is 10.5. The minimum Gasteiger partial charge on any atom is -0.497 e. The number of benzene rings is 2. The van der Waals surface area contributed by atoms with Gasteiger partial charge in [-0.3, -0.25) is 4.79 Å². The average Bonchev–Trinajstić information content (AvgIpc) is 3.19. The third kappa shape index (κ3) is 4.85. The number of nitrogens with zero attached hydrogens (tertiary/aromatic N) is 3. The van der Waals surface area contributed by atoms with Gasteiger partial charge in [-0.15, -0.1) is 0 Å². The van der Waals surface area contributed by atoms with E-state index in [-0.39, 0.29) is 24.2 Å². The summed E-state index contributed by atoms with van der Waals surface area (Å²) in [6.45, 7) is 0.382. The van der Waals surface area contributed by atoms with E-state index in [1.54, 1.807) is 55.5 Å². The molecule has 0 saturated heterocycles. The number of halogens is 1. The molecule has 3 aromatic rings. The molecular weight excluding hydrogens is 365 g/mol. The van der Waals surface area contributed by atoms with E-state index >= 15 is 0 Å². The molecule has 1 amide bonds. The van der Waals surface area contributed by atoms with Gasteiger partial charge in [-0.05, 0) is 36.4 Å². The second kappa shape index (κ2) is 8.98. The molecule has 0 aliphatic heterocycles. The van der Waals surface area contributed by atoms with Gasteiger partial charge in [-0.1, -0.05) is 17.3 Å². The molecule has 1 heterocycles. The molecule has 0 unspecified atom stereocenters. The first-order valence-electron chi connectivity index (χ1n) is 8.65. The van der Waals surface area contributed by atoms with E-state index in [1.165, 1.54) is 12.1 Å². The van der Waals surface area contributed by atoms with Crippen molar-refractivity contribution in [2.24, 2.45) is 0 Å². The molecule has 28 heavy (non-hydrogen) atoms. The van der Waals surface area contributed by atoms with E-state index < -0.39 is 5.82 Å². The molecule has 0 radical (unpaired) electrons. The molecule has 1 aromatic heterocycles. The summed E-state index contributed by atoms with van der Waals surface area (Å²) >= 11 is 0. The number of para-hydroxylation sites is 1. The largest absolute Gasteiger partial charge is 0.497 e. The van der Waals surface area contributed by atoms with Gasteiger partial charge in [-0.2, -0.15) is 4.98 Å². The number of ether oxygens (including phenoxy) is 2. The van der Waals surface area contributed by atoms with E-state index in [1.807, 2.05) is 0 Å². The molecule has 2 aromatic carbocycles. The average molecular weight is 385 g/mol. The lowest BCUT2D eigenvalue weighted by Gasteiger charge is -2.16. The van der Waals surface area contributed by atoms with Crippen LogP contribution in [-0.2, 0) is 13.0 Å². The van der Waals surface area contributed by atoms with Crippen molar-refractivity contribution in [2.75, 3.05) is 20.7 Å². The van der Waals surface area contributed by atoms with Crippen molar-refractivity contribution in [1.82, 2.24) is 15.0 Å². The van der Waals surface area contributed by atoms with Crippen LogP contribution < -0.4 is 9.47 Å². The maximum absolute atomic E-state index is 13.5. The maximum atomic E-state index is 13.5. The number of hydrogen-bond donors (Lipinski definition) is 0. The molecule has 0 saturated carbocycles. The Bertz CT molecular complexity index is 927. The Morgan fingerprint density at radius 1 is 1.18 bits per heavy atom. The highest BCUT2D eigenvalue weighted by Gasteiger charge is 2.14. The van der Waals surface area contributed by atoms with Crippen LogP contribution in [0.25, 0.3) is 0 Å². The van der Waals surface area contributed by atoms with Gasteiger partial charge in [0.2, 0.25) is 0 Å². The maximum Gasteiger partial charge on any atom is 0.264 e. The van der Waals surface area contributed by atoms with Crippen molar-refractivity contribution >= 4 is 5.91 Å². The molecule has 0 aliphatic rings. The first kappa shape index (κ1) is 19.3. The van der Waals surface area contributed by atoms with Gasteiger partial charge >= 0.3 is 0 Å². The molecule has 0 N–H and O–H groups in total. The van der Waals surface area contributed by atoms with Crippen LogP contribution in [-0.4, -0.2) is 41.6 Å². The standard InChI is InChI=1S/C20H20FN3O4/c1-24(20(25)14-7-9-15(26-2)10-8-14)12-11-18-22-19(28-23-18)13-27-17-6-4-3-5-16(17)21/h3-10H,11-13H2,1-2H3. The van der Waals surface area contributed by atoms with Crippen LogP contribution in [0.2, 0.25) is 0 Å². The molecule has 0 aliphatic carbocycles. The topological polar surface area (TPSA) is 77.7 Å². The van der Waals surface area contributed by atoms with Crippen LogP contribution in [0.15, 0.2) is 53.1 Å². The zero-order chi connectivity index (χ0) is 19.9. The zero-order valence-electron chi connectivity index (χ0n) is 15.6. The van der Waals surface area contributed by atoms with Gasteiger partial charge in [0, 0.05) is 25.6 Å². The van der Waals surface area contributed by atoms with Crippen molar-refractivity contribution in [3.63, 3.8) is 0 Å². The first-order valence-corrected chi connectivity index (χ1v) is 8.65. The highest BCUT2D eigenvalue weighted by molar-refractivity contribution is 5.94. The monoisotopic (exact) mass is 385 g/mol. The molecule has 0 atom stereocenters. The quantitative estimate of drug-likeness (QED) is 0.593. The SMILES string of the molecule is COc1ccc(C(=O)N(C)CCc2noc(COc3ccccc3F)n2)cc1. The minimum absolute atomic E-state index is 0.0332. The number of rotatable bonds is 8. The van der Waals surface area contributed by atoms with E-state index in [0.717, 1.165) is 0 Å². The van der Waals surface area contributed by atoms with Crippen molar-refractivity contribution in [1.29, 1.82) is 0 Å². The summed E-state index contributed by atoms with van der Waals surface area (Å²) in [6, 6.07) is 13.0. The van der Waals surface area contributed by atoms with Crippen molar-refractivity contribution in [2.45, 2.75) is 13.0 Å². The predicted molar refractivity (Wildman–Crippen MR) is 98.7 cm³/mol. The third-order valence-electron chi connectivity index (χ3n) is 4.05. The number of likely N-dealkylation sites (N-methyl/N-ethyl adjacent to an activating group) is 1. The molecule has 8 heteroatoms. The summed E-state index contributed by atoms with van der Waals surface area (Å²) in [5.74, 6) is 0.919. The Morgan fingerprint density at radius 2 is 1.93 bits per heavy atom. The molecule has 0 fully saturated rings. The predicted octanol–water partition coefficient (Wildman–Crippen LogP) is 3.11. The number of amides is 1. The van der Waals surface area contributed by atoms with Gasteiger partial charge in [0.1, 0.15) is 5.75 Å². The van der Waals surface area contributed by atoms with Gasteiger partial charge in [-0.25, -0.2) is 4.39 Å². The minimum atomic E-state index is -0.457. The van der Waals surface area contributed by atoms with E-state index in [9.17, 15) is 9.18 Å². The second-order valence-corrected chi connectivity index (χ2v) is 6.03. The lowest BCUT2D eigenvalue weighted by atomic mass is 10.2. The fraction of sp³-hybridized carbons (Fsp3) is 0.250. The van der Waals surface area contributed by atoms with Crippen LogP contribution in [0.5, 0.6) is 11.5 Å². The van der Waals surface area contributed by atoms with Gasteiger partial charge in [0.15, 0.2) is 24.0 Å². The van der Waals surface area contributed by atoms with Gasteiger partial charge in [0.05, 0.1) is 7.11 Å². The highest BCUT2D eigenvalue weighted by Crippen LogP contribution is 2.17. The van der Waals surface area contributed by atoms with Gasteiger partial charge < -0.3 is 18.9 Å². The number of carbonyl (C=O) groups excluding carboxylic acids is 1. The Kier molecular flexibility index (Phi) is 6.21. The fourth-order valence-electron chi connectivity index (χ4n) is 2.47. The Hall–Kier alpha value is -3.42. The summed E-state index contributed by atoms with van der Waals surface area (Å²) in [7, 11) is 3.28. The molecule has 3 rings (SSSR count).